The van der Waals surface area contributed by atoms with E-state index in [2.05, 4.69) is 15.3 Å². The molecule has 21 heavy (non-hydrogen) atoms. The van der Waals surface area contributed by atoms with E-state index in [0.29, 0.717) is 24.0 Å². The molecule has 5 nitrogen and oxygen atoms in total. The van der Waals surface area contributed by atoms with E-state index in [9.17, 15) is 4.79 Å². The Balaban J connectivity index is 1.67. The van der Waals surface area contributed by atoms with Gasteiger partial charge in [0.25, 0.3) is 5.91 Å². The van der Waals surface area contributed by atoms with E-state index >= 15 is 0 Å². The number of carbonyl (C=O) groups is 1. The van der Waals surface area contributed by atoms with Gasteiger partial charge < -0.3 is 10.4 Å². The van der Waals surface area contributed by atoms with Crippen molar-refractivity contribution < 1.29 is 9.90 Å². The highest BCUT2D eigenvalue weighted by Gasteiger charge is 2.32. The topological polar surface area (TPSA) is 75.1 Å². The maximum absolute atomic E-state index is 12.3. The quantitative estimate of drug-likeness (QED) is 0.840. The summed E-state index contributed by atoms with van der Waals surface area (Å²) in [6.45, 7) is 0.110. The van der Waals surface area contributed by atoms with Crippen LogP contribution < -0.4 is 5.32 Å². The number of nitrogens with zero attached hydrogens (tertiary/aromatic N) is 2. The third-order valence-corrected chi connectivity index (χ3v) is 4.57. The van der Waals surface area contributed by atoms with Crippen molar-refractivity contribution in [3.63, 3.8) is 0 Å². The normalized spacial score (nSPS) is 20.4. The minimum absolute atomic E-state index is 0.0763. The molecule has 0 spiro atoms. The maximum Gasteiger partial charge on any atom is 0.270 e. The number of rotatable bonds is 6. The summed E-state index contributed by atoms with van der Waals surface area (Å²) in [4.78, 5) is 21.1. The van der Waals surface area contributed by atoms with Gasteiger partial charge in [0.05, 0.1) is 0 Å². The average molecular weight is 289 g/mol. The second kappa shape index (κ2) is 6.52. The van der Waals surface area contributed by atoms with Crippen molar-refractivity contribution in [2.75, 3.05) is 6.61 Å². The number of aliphatic hydroxyl groups is 1. The first-order valence-corrected chi connectivity index (χ1v) is 8.02. The van der Waals surface area contributed by atoms with Crippen molar-refractivity contribution >= 4 is 5.91 Å². The Morgan fingerprint density at radius 1 is 1.33 bits per heavy atom. The third-order valence-electron chi connectivity index (χ3n) is 4.57. The Hall–Kier alpha value is -1.49. The zero-order valence-corrected chi connectivity index (χ0v) is 12.3. The lowest BCUT2D eigenvalue weighted by atomic mass is 10.1. The van der Waals surface area contributed by atoms with Crippen molar-refractivity contribution in [3.05, 3.63) is 23.8 Å². The van der Waals surface area contributed by atoms with Gasteiger partial charge in [0, 0.05) is 24.8 Å². The van der Waals surface area contributed by atoms with Crippen LogP contribution in [0.4, 0.5) is 0 Å². The number of hydrogen-bond acceptors (Lipinski definition) is 4. The molecule has 3 rings (SSSR count). The van der Waals surface area contributed by atoms with Crippen LogP contribution in [0.15, 0.2) is 12.3 Å². The molecular formula is C16H23N3O2. The van der Waals surface area contributed by atoms with E-state index in [1.165, 1.54) is 12.8 Å². The number of aromatic nitrogens is 2. The fourth-order valence-corrected chi connectivity index (χ4v) is 3.19. The molecule has 114 valence electrons. The van der Waals surface area contributed by atoms with Crippen LogP contribution in [0.2, 0.25) is 0 Å². The average Bonchev–Trinajstić information content (AvgIpc) is 3.21. The predicted molar refractivity (Wildman–Crippen MR) is 78.9 cm³/mol. The zero-order chi connectivity index (χ0) is 14.7. The van der Waals surface area contributed by atoms with Gasteiger partial charge in [-0.25, -0.2) is 9.97 Å². The van der Waals surface area contributed by atoms with Gasteiger partial charge in [-0.05, 0) is 44.1 Å². The SMILES string of the molecule is O=C(NC(CCO)C1CC1)c1ccnc(C2CCCC2)n1. The molecule has 0 saturated heterocycles. The molecule has 1 amide bonds. The number of carbonyl (C=O) groups excluding carboxylic acids is 1. The summed E-state index contributed by atoms with van der Waals surface area (Å²) in [5.41, 5.74) is 0.454. The highest BCUT2D eigenvalue weighted by Crippen LogP contribution is 2.34. The van der Waals surface area contributed by atoms with Crippen LogP contribution in [0.5, 0.6) is 0 Å². The maximum atomic E-state index is 12.3. The molecule has 1 aromatic rings. The van der Waals surface area contributed by atoms with Gasteiger partial charge >= 0.3 is 0 Å². The number of nitrogens with one attached hydrogen (secondary N) is 1. The summed E-state index contributed by atoms with van der Waals surface area (Å²) >= 11 is 0. The van der Waals surface area contributed by atoms with Crippen LogP contribution >= 0.6 is 0 Å². The molecule has 2 saturated carbocycles. The Morgan fingerprint density at radius 3 is 2.76 bits per heavy atom. The smallest absolute Gasteiger partial charge is 0.270 e. The Morgan fingerprint density at radius 2 is 2.10 bits per heavy atom. The van der Waals surface area contributed by atoms with Crippen molar-refractivity contribution in [2.24, 2.45) is 5.92 Å². The van der Waals surface area contributed by atoms with Gasteiger partial charge in [-0.3, -0.25) is 4.79 Å². The summed E-state index contributed by atoms with van der Waals surface area (Å²) in [6.07, 6.45) is 9.30. The highest BCUT2D eigenvalue weighted by atomic mass is 16.3. The van der Waals surface area contributed by atoms with E-state index in [-0.39, 0.29) is 18.6 Å². The first-order chi connectivity index (χ1) is 10.3. The summed E-state index contributed by atoms with van der Waals surface area (Å²) in [5, 5.41) is 12.1. The number of hydrogen-bond donors (Lipinski definition) is 2. The molecule has 5 heteroatoms. The largest absolute Gasteiger partial charge is 0.396 e. The standard InChI is InChI=1S/C16H23N3O2/c20-10-8-13(11-5-6-11)19-16(21)14-7-9-17-15(18-14)12-3-1-2-4-12/h7,9,11-13,20H,1-6,8,10H2,(H,19,21). The number of amides is 1. The summed E-state index contributed by atoms with van der Waals surface area (Å²) < 4.78 is 0. The monoisotopic (exact) mass is 289 g/mol. The first-order valence-electron chi connectivity index (χ1n) is 8.02. The van der Waals surface area contributed by atoms with Crippen molar-refractivity contribution in [3.8, 4) is 0 Å². The van der Waals surface area contributed by atoms with Crippen LogP contribution in [0, 0.1) is 5.92 Å². The molecule has 1 heterocycles. The zero-order valence-electron chi connectivity index (χ0n) is 12.3. The van der Waals surface area contributed by atoms with Crippen molar-refractivity contribution in [1.82, 2.24) is 15.3 Å². The molecule has 1 aromatic heterocycles. The summed E-state index contributed by atoms with van der Waals surface area (Å²) in [5.74, 6) is 1.61. The Labute approximate surface area is 125 Å². The second-order valence-corrected chi connectivity index (χ2v) is 6.21. The van der Waals surface area contributed by atoms with Crippen molar-refractivity contribution in [1.29, 1.82) is 0 Å². The number of aliphatic hydroxyl groups excluding tert-OH is 1. The minimum atomic E-state index is -0.137. The lowest BCUT2D eigenvalue weighted by Gasteiger charge is -2.17. The van der Waals surface area contributed by atoms with Gasteiger partial charge in [-0.1, -0.05) is 12.8 Å². The fourth-order valence-electron chi connectivity index (χ4n) is 3.19. The molecule has 0 aliphatic heterocycles. The Bertz CT molecular complexity index is 496. The van der Waals surface area contributed by atoms with E-state index in [0.717, 1.165) is 31.5 Å². The molecule has 2 N–H and O–H groups in total. The van der Waals surface area contributed by atoms with Crippen LogP contribution in [0.25, 0.3) is 0 Å². The van der Waals surface area contributed by atoms with Gasteiger partial charge in [0.1, 0.15) is 11.5 Å². The molecule has 0 bridgehead atoms. The lowest BCUT2D eigenvalue weighted by molar-refractivity contribution is 0.0918. The molecule has 2 aliphatic rings. The van der Waals surface area contributed by atoms with E-state index < -0.39 is 0 Å². The van der Waals surface area contributed by atoms with Gasteiger partial charge in [0.15, 0.2) is 0 Å². The molecule has 0 aromatic carbocycles. The van der Waals surface area contributed by atoms with E-state index in [4.69, 9.17) is 5.11 Å². The predicted octanol–water partition coefficient (Wildman–Crippen LogP) is 2.02. The molecule has 2 fully saturated rings. The van der Waals surface area contributed by atoms with Gasteiger partial charge in [0.2, 0.25) is 0 Å². The second-order valence-electron chi connectivity index (χ2n) is 6.21. The summed E-state index contributed by atoms with van der Waals surface area (Å²) in [6, 6.07) is 1.75. The lowest BCUT2D eigenvalue weighted by Crippen LogP contribution is -2.37. The summed E-state index contributed by atoms with van der Waals surface area (Å²) in [7, 11) is 0. The van der Waals surface area contributed by atoms with Crippen molar-refractivity contribution in [2.45, 2.75) is 56.9 Å². The van der Waals surface area contributed by atoms with E-state index in [1.807, 2.05) is 0 Å². The first kappa shape index (κ1) is 14.4. The molecule has 2 aliphatic carbocycles. The van der Waals surface area contributed by atoms with Crippen LogP contribution in [-0.4, -0.2) is 33.6 Å². The molecular weight excluding hydrogens is 266 g/mol. The highest BCUT2D eigenvalue weighted by molar-refractivity contribution is 5.92. The fraction of sp³-hybridized carbons (Fsp3) is 0.688. The molecule has 0 radical (unpaired) electrons. The van der Waals surface area contributed by atoms with E-state index in [1.54, 1.807) is 12.3 Å². The van der Waals surface area contributed by atoms with Crippen LogP contribution in [0.3, 0.4) is 0 Å². The third kappa shape index (κ3) is 3.59. The molecule has 1 atom stereocenters. The minimum Gasteiger partial charge on any atom is -0.396 e. The van der Waals surface area contributed by atoms with Gasteiger partial charge in [-0.2, -0.15) is 0 Å². The Kier molecular flexibility index (Phi) is 4.48. The van der Waals surface area contributed by atoms with Crippen LogP contribution in [-0.2, 0) is 0 Å². The molecule has 1 unspecified atom stereocenters. The van der Waals surface area contributed by atoms with Gasteiger partial charge in [-0.15, -0.1) is 0 Å². The van der Waals surface area contributed by atoms with Crippen LogP contribution in [0.1, 0.15) is 67.2 Å².